The Morgan fingerprint density at radius 2 is 2.46 bits per heavy atom. The van der Waals surface area contributed by atoms with Crippen LogP contribution in [0.15, 0.2) is 12.3 Å². The average molecular weight is 204 g/mol. The lowest BCUT2D eigenvalue weighted by molar-refractivity contribution is 0.101. The molecule has 0 fully saturated rings. The van der Waals surface area contributed by atoms with E-state index in [1.54, 1.807) is 0 Å². The van der Waals surface area contributed by atoms with Crippen molar-refractivity contribution in [1.82, 2.24) is 4.98 Å². The zero-order valence-electron chi connectivity index (χ0n) is 6.88. The molecule has 0 aliphatic heterocycles. The minimum atomic E-state index is -0.589. The second kappa shape index (κ2) is 4.18. The molecule has 0 unspecified atom stereocenters. The van der Waals surface area contributed by atoms with Crippen LogP contribution in [-0.2, 0) is 0 Å². The topological polar surface area (TPSA) is 39.2 Å². The van der Waals surface area contributed by atoms with Crippen LogP contribution in [0.4, 0.5) is 4.39 Å². The number of pyridine rings is 1. The SMILES string of the molecule is COc1ncc(F)cc1C(=O)CCl. The lowest BCUT2D eigenvalue weighted by Crippen LogP contribution is -2.05. The molecule has 0 saturated carbocycles. The van der Waals surface area contributed by atoms with Crippen LogP contribution in [-0.4, -0.2) is 23.8 Å². The van der Waals surface area contributed by atoms with E-state index in [2.05, 4.69) is 4.98 Å². The van der Waals surface area contributed by atoms with Gasteiger partial charge in [0.25, 0.3) is 0 Å². The van der Waals surface area contributed by atoms with Crippen molar-refractivity contribution in [2.24, 2.45) is 0 Å². The highest BCUT2D eigenvalue weighted by atomic mass is 35.5. The number of nitrogens with zero attached hydrogens (tertiary/aromatic N) is 1. The van der Waals surface area contributed by atoms with Crippen molar-refractivity contribution in [3.8, 4) is 5.88 Å². The molecular weight excluding hydrogens is 197 g/mol. The van der Waals surface area contributed by atoms with Crippen molar-refractivity contribution in [1.29, 1.82) is 0 Å². The first kappa shape index (κ1) is 9.92. The maximum absolute atomic E-state index is 12.7. The molecule has 0 radical (unpaired) electrons. The standard InChI is InChI=1S/C8H7ClFNO2/c1-13-8-6(7(12)3-9)2-5(10)4-11-8/h2,4H,3H2,1H3. The number of alkyl halides is 1. The number of carbonyl (C=O) groups excluding carboxylic acids is 1. The minimum Gasteiger partial charge on any atom is -0.480 e. The number of ether oxygens (including phenoxy) is 1. The van der Waals surface area contributed by atoms with E-state index < -0.39 is 11.6 Å². The third kappa shape index (κ3) is 2.15. The van der Waals surface area contributed by atoms with E-state index in [1.807, 2.05) is 0 Å². The molecule has 13 heavy (non-hydrogen) atoms. The summed E-state index contributed by atoms with van der Waals surface area (Å²) in [6.07, 6.45) is 0.976. The van der Waals surface area contributed by atoms with E-state index in [1.165, 1.54) is 7.11 Å². The Kier molecular flexibility index (Phi) is 3.19. The number of hydrogen-bond donors (Lipinski definition) is 0. The summed E-state index contributed by atoms with van der Waals surface area (Å²) in [6.45, 7) is 0. The Hall–Kier alpha value is -1.16. The summed E-state index contributed by atoms with van der Waals surface area (Å²) in [7, 11) is 1.35. The first-order valence-corrected chi connectivity index (χ1v) is 4.01. The normalized spacial score (nSPS) is 9.77. The van der Waals surface area contributed by atoms with Crippen molar-refractivity contribution in [2.45, 2.75) is 0 Å². The molecule has 1 aromatic rings. The van der Waals surface area contributed by atoms with Gasteiger partial charge in [-0.05, 0) is 6.07 Å². The number of hydrogen-bond acceptors (Lipinski definition) is 3. The van der Waals surface area contributed by atoms with Gasteiger partial charge in [0.2, 0.25) is 5.88 Å². The van der Waals surface area contributed by atoms with Gasteiger partial charge in [-0.3, -0.25) is 4.79 Å². The first-order valence-electron chi connectivity index (χ1n) is 3.47. The maximum atomic E-state index is 12.7. The molecule has 0 atom stereocenters. The molecule has 0 spiro atoms. The number of rotatable bonds is 3. The molecule has 5 heteroatoms. The molecule has 3 nitrogen and oxygen atoms in total. The molecule has 0 N–H and O–H groups in total. The fourth-order valence-electron chi connectivity index (χ4n) is 0.861. The molecule has 1 rings (SSSR count). The van der Waals surface area contributed by atoms with Gasteiger partial charge in [0, 0.05) is 0 Å². The summed E-state index contributed by atoms with van der Waals surface area (Å²) >= 11 is 5.31. The number of aromatic nitrogens is 1. The van der Waals surface area contributed by atoms with Gasteiger partial charge in [0.15, 0.2) is 5.78 Å². The molecule has 0 saturated heterocycles. The Morgan fingerprint density at radius 3 is 3.00 bits per heavy atom. The van der Waals surface area contributed by atoms with Gasteiger partial charge in [0.1, 0.15) is 5.82 Å². The van der Waals surface area contributed by atoms with Crippen molar-refractivity contribution in [3.63, 3.8) is 0 Å². The van der Waals surface area contributed by atoms with E-state index in [-0.39, 0.29) is 17.3 Å². The minimum absolute atomic E-state index is 0.0671. The Bertz CT molecular complexity index is 330. The van der Waals surface area contributed by atoms with Crippen LogP contribution in [0, 0.1) is 5.82 Å². The summed E-state index contributed by atoms with van der Waals surface area (Å²) in [5.41, 5.74) is 0.0671. The summed E-state index contributed by atoms with van der Waals surface area (Å²) < 4.78 is 17.4. The van der Waals surface area contributed by atoms with Crippen LogP contribution in [0.2, 0.25) is 0 Å². The number of Topliss-reactive ketones (excluding diaryl/α,β-unsaturated/α-hetero) is 1. The fraction of sp³-hybridized carbons (Fsp3) is 0.250. The summed E-state index contributed by atoms with van der Waals surface area (Å²) in [6, 6.07) is 1.05. The van der Waals surface area contributed by atoms with E-state index in [0.29, 0.717) is 0 Å². The fourth-order valence-corrected chi connectivity index (χ4v) is 1.01. The smallest absolute Gasteiger partial charge is 0.224 e. The first-order chi connectivity index (χ1) is 6.19. The molecule has 0 aromatic carbocycles. The third-order valence-electron chi connectivity index (χ3n) is 1.43. The van der Waals surface area contributed by atoms with E-state index in [9.17, 15) is 9.18 Å². The number of ketones is 1. The van der Waals surface area contributed by atoms with Gasteiger partial charge in [-0.15, -0.1) is 11.6 Å². The van der Waals surface area contributed by atoms with Crippen molar-refractivity contribution in [3.05, 3.63) is 23.6 Å². The highest BCUT2D eigenvalue weighted by Gasteiger charge is 2.13. The molecular formula is C8H7ClFNO2. The average Bonchev–Trinajstić information content (AvgIpc) is 2.16. The number of carbonyl (C=O) groups is 1. The molecule has 1 heterocycles. The van der Waals surface area contributed by atoms with Crippen molar-refractivity contribution < 1.29 is 13.9 Å². The molecule has 0 aliphatic carbocycles. The van der Waals surface area contributed by atoms with Crippen LogP contribution >= 0.6 is 11.6 Å². The van der Waals surface area contributed by atoms with Gasteiger partial charge in [-0.2, -0.15) is 0 Å². The predicted molar refractivity (Wildman–Crippen MR) is 45.8 cm³/mol. The Balaban J connectivity index is 3.15. The summed E-state index contributed by atoms with van der Waals surface area (Å²) in [5.74, 6) is -1.13. The van der Waals surface area contributed by atoms with Crippen LogP contribution in [0.25, 0.3) is 0 Å². The van der Waals surface area contributed by atoms with Crippen LogP contribution in [0.1, 0.15) is 10.4 Å². The molecule has 70 valence electrons. The quantitative estimate of drug-likeness (QED) is 0.554. The molecule has 0 aliphatic rings. The highest BCUT2D eigenvalue weighted by molar-refractivity contribution is 6.30. The maximum Gasteiger partial charge on any atom is 0.224 e. The zero-order valence-corrected chi connectivity index (χ0v) is 7.64. The van der Waals surface area contributed by atoms with Crippen molar-refractivity contribution in [2.75, 3.05) is 13.0 Å². The van der Waals surface area contributed by atoms with Gasteiger partial charge < -0.3 is 4.74 Å². The zero-order chi connectivity index (χ0) is 9.84. The summed E-state index contributed by atoms with van der Waals surface area (Å²) in [5, 5.41) is 0. The lowest BCUT2D eigenvalue weighted by atomic mass is 10.2. The third-order valence-corrected chi connectivity index (χ3v) is 1.68. The van der Waals surface area contributed by atoms with Crippen LogP contribution in [0.5, 0.6) is 5.88 Å². The highest BCUT2D eigenvalue weighted by Crippen LogP contribution is 2.16. The van der Waals surface area contributed by atoms with Gasteiger partial charge in [0.05, 0.1) is 24.8 Å². The Labute approximate surface area is 79.5 Å². The van der Waals surface area contributed by atoms with Gasteiger partial charge in [-0.25, -0.2) is 9.37 Å². The van der Waals surface area contributed by atoms with Gasteiger partial charge in [-0.1, -0.05) is 0 Å². The van der Waals surface area contributed by atoms with Crippen molar-refractivity contribution >= 4 is 17.4 Å². The molecule has 0 amide bonds. The van der Waals surface area contributed by atoms with Crippen LogP contribution in [0.3, 0.4) is 0 Å². The lowest BCUT2D eigenvalue weighted by Gasteiger charge is -2.03. The Morgan fingerprint density at radius 1 is 1.77 bits per heavy atom. The largest absolute Gasteiger partial charge is 0.480 e. The number of methoxy groups -OCH3 is 1. The monoisotopic (exact) mass is 203 g/mol. The molecule has 1 aromatic heterocycles. The second-order valence-corrected chi connectivity index (χ2v) is 2.53. The summed E-state index contributed by atoms with van der Waals surface area (Å²) in [4.78, 5) is 14.7. The van der Waals surface area contributed by atoms with E-state index in [4.69, 9.17) is 16.3 Å². The predicted octanol–water partition coefficient (Wildman–Crippen LogP) is 1.65. The van der Waals surface area contributed by atoms with Gasteiger partial charge >= 0.3 is 0 Å². The second-order valence-electron chi connectivity index (χ2n) is 2.27. The number of halogens is 2. The van der Waals surface area contributed by atoms with Crippen LogP contribution < -0.4 is 4.74 Å². The van der Waals surface area contributed by atoms with E-state index >= 15 is 0 Å². The molecule has 0 bridgehead atoms. The van der Waals surface area contributed by atoms with E-state index in [0.717, 1.165) is 12.3 Å².